The molecule has 4 heteroatoms. The van der Waals surface area contributed by atoms with Crippen LogP contribution in [-0.4, -0.2) is 4.98 Å². The smallest absolute Gasteiger partial charge is 0.220 e. The summed E-state index contributed by atoms with van der Waals surface area (Å²) in [6.07, 6.45) is 1.55. The van der Waals surface area contributed by atoms with Gasteiger partial charge in [0.1, 0.15) is 5.75 Å². The fourth-order valence-electron chi connectivity index (χ4n) is 1.97. The average Bonchev–Trinajstić information content (AvgIpc) is 2.51. The molecule has 0 aliphatic rings. The molecule has 20 heavy (non-hydrogen) atoms. The normalized spacial score (nSPS) is 10.2. The van der Waals surface area contributed by atoms with Crippen molar-refractivity contribution >= 4 is 22.4 Å². The molecule has 0 unspecified atom stereocenters. The summed E-state index contributed by atoms with van der Waals surface area (Å²) in [6, 6.07) is 16.6. The van der Waals surface area contributed by atoms with E-state index in [0.29, 0.717) is 22.2 Å². The number of hydrogen-bond donors (Lipinski definition) is 0. The number of ether oxygens (including phenoxy) is 1. The summed E-state index contributed by atoms with van der Waals surface area (Å²) in [5, 5.41) is 11.4. The lowest BCUT2D eigenvalue weighted by molar-refractivity contribution is 0.468. The van der Waals surface area contributed by atoms with Gasteiger partial charge in [0.25, 0.3) is 0 Å². The lowest BCUT2D eigenvalue weighted by Gasteiger charge is -2.09. The monoisotopic (exact) mass is 280 g/mol. The first-order chi connectivity index (χ1) is 9.78. The Hall–Kier alpha value is -2.57. The SMILES string of the molecule is N#Cc1ccnc(Oc2ccc(Cl)c3ccccc23)c1. The highest BCUT2D eigenvalue weighted by Crippen LogP contribution is 2.33. The Labute approximate surface area is 121 Å². The van der Waals surface area contributed by atoms with Crippen molar-refractivity contribution in [3.8, 4) is 17.7 Å². The van der Waals surface area contributed by atoms with E-state index < -0.39 is 0 Å². The summed E-state index contributed by atoms with van der Waals surface area (Å²) in [4.78, 5) is 4.11. The van der Waals surface area contributed by atoms with Crippen LogP contribution in [0.25, 0.3) is 10.8 Å². The van der Waals surface area contributed by atoms with Gasteiger partial charge in [-0.3, -0.25) is 0 Å². The van der Waals surface area contributed by atoms with Crippen LogP contribution in [0.4, 0.5) is 0 Å². The van der Waals surface area contributed by atoms with Gasteiger partial charge >= 0.3 is 0 Å². The van der Waals surface area contributed by atoms with Gasteiger partial charge in [-0.25, -0.2) is 4.98 Å². The number of pyridine rings is 1. The number of aromatic nitrogens is 1. The van der Waals surface area contributed by atoms with E-state index in [1.165, 1.54) is 0 Å². The summed E-state index contributed by atoms with van der Waals surface area (Å²) in [6.45, 7) is 0. The van der Waals surface area contributed by atoms with Crippen LogP contribution >= 0.6 is 11.6 Å². The van der Waals surface area contributed by atoms with Crippen molar-refractivity contribution in [2.45, 2.75) is 0 Å². The third-order valence-corrected chi connectivity index (χ3v) is 3.24. The molecule has 96 valence electrons. The van der Waals surface area contributed by atoms with Gasteiger partial charge in [0.2, 0.25) is 5.88 Å². The molecular formula is C16H9ClN2O. The Morgan fingerprint density at radius 2 is 1.85 bits per heavy atom. The third kappa shape index (κ3) is 2.29. The second kappa shape index (κ2) is 5.20. The van der Waals surface area contributed by atoms with E-state index in [2.05, 4.69) is 11.1 Å². The zero-order chi connectivity index (χ0) is 13.9. The van der Waals surface area contributed by atoms with Gasteiger partial charge in [-0.2, -0.15) is 5.26 Å². The molecule has 3 rings (SSSR count). The highest BCUT2D eigenvalue weighted by Gasteiger charge is 2.07. The molecule has 1 heterocycles. The zero-order valence-electron chi connectivity index (χ0n) is 10.4. The molecule has 0 aliphatic carbocycles. The van der Waals surface area contributed by atoms with Crippen LogP contribution in [0.5, 0.6) is 11.6 Å². The topological polar surface area (TPSA) is 45.9 Å². The molecule has 1 aromatic heterocycles. The van der Waals surface area contributed by atoms with Gasteiger partial charge in [0.15, 0.2) is 0 Å². The summed E-state index contributed by atoms with van der Waals surface area (Å²) in [7, 11) is 0. The number of halogens is 1. The van der Waals surface area contributed by atoms with Crippen molar-refractivity contribution in [2.75, 3.05) is 0 Å². The molecule has 0 spiro atoms. The average molecular weight is 281 g/mol. The van der Waals surface area contributed by atoms with Crippen molar-refractivity contribution in [2.24, 2.45) is 0 Å². The predicted molar refractivity (Wildman–Crippen MR) is 78.0 cm³/mol. The van der Waals surface area contributed by atoms with E-state index in [1.807, 2.05) is 24.3 Å². The molecule has 0 amide bonds. The van der Waals surface area contributed by atoms with Crippen molar-refractivity contribution in [3.05, 3.63) is 65.3 Å². The van der Waals surface area contributed by atoms with Crippen LogP contribution in [0.3, 0.4) is 0 Å². The number of benzene rings is 2. The minimum Gasteiger partial charge on any atom is -0.438 e. The van der Waals surface area contributed by atoms with Crippen molar-refractivity contribution in [1.82, 2.24) is 4.98 Å². The Balaban J connectivity index is 2.07. The number of fused-ring (bicyclic) bond motifs is 1. The summed E-state index contributed by atoms with van der Waals surface area (Å²) >= 11 is 6.17. The van der Waals surface area contributed by atoms with E-state index >= 15 is 0 Å². The highest BCUT2D eigenvalue weighted by atomic mass is 35.5. The summed E-state index contributed by atoms with van der Waals surface area (Å²) in [5.74, 6) is 1.05. The van der Waals surface area contributed by atoms with Crippen LogP contribution in [0, 0.1) is 11.3 Å². The summed E-state index contributed by atoms with van der Waals surface area (Å²) < 4.78 is 5.77. The first-order valence-electron chi connectivity index (χ1n) is 5.99. The van der Waals surface area contributed by atoms with E-state index in [0.717, 1.165) is 10.8 Å². The number of rotatable bonds is 2. The lowest BCUT2D eigenvalue weighted by atomic mass is 10.1. The van der Waals surface area contributed by atoms with Crippen LogP contribution in [0.2, 0.25) is 5.02 Å². The van der Waals surface area contributed by atoms with Gasteiger partial charge in [-0.1, -0.05) is 35.9 Å². The maximum Gasteiger partial charge on any atom is 0.220 e. The van der Waals surface area contributed by atoms with Gasteiger partial charge < -0.3 is 4.74 Å². The molecule has 0 aliphatic heterocycles. The van der Waals surface area contributed by atoms with Gasteiger partial charge in [-0.05, 0) is 18.2 Å². The third-order valence-electron chi connectivity index (χ3n) is 2.91. The van der Waals surface area contributed by atoms with E-state index in [9.17, 15) is 0 Å². The van der Waals surface area contributed by atoms with Crippen LogP contribution in [0.1, 0.15) is 5.56 Å². The molecule has 3 nitrogen and oxygen atoms in total. The van der Waals surface area contributed by atoms with Crippen LogP contribution in [-0.2, 0) is 0 Å². The number of nitrogens with zero attached hydrogens (tertiary/aromatic N) is 2. The van der Waals surface area contributed by atoms with Crippen molar-refractivity contribution in [3.63, 3.8) is 0 Å². The Kier molecular flexibility index (Phi) is 3.24. The lowest BCUT2D eigenvalue weighted by Crippen LogP contribution is -1.90. The first-order valence-corrected chi connectivity index (χ1v) is 6.37. The molecule has 0 fully saturated rings. The fraction of sp³-hybridized carbons (Fsp3) is 0. The van der Waals surface area contributed by atoms with Gasteiger partial charge in [-0.15, -0.1) is 0 Å². The van der Waals surface area contributed by atoms with Crippen LogP contribution in [0.15, 0.2) is 54.7 Å². The molecule has 0 N–H and O–H groups in total. The molecule has 0 radical (unpaired) electrons. The Bertz CT molecular complexity index is 824. The second-order valence-corrected chi connectivity index (χ2v) is 4.59. The van der Waals surface area contributed by atoms with E-state index in [4.69, 9.17) is 21.6 Å². The molecule has 0 saturated carbocycles. The molecule has 0 saturated heterocycles. The summed E-state index contributed by atoms with van der Waals surface area (Å²) in [5.41, 5.74) is 0.508. The van der Waals surface area contributed by atoms with Crippen molar-refractivity contribution in [1.29, 1.82) is 5.26 Å². The van der Waals surface area contributed by atoms with E-state index in [-0.39, 0.29) is 0 Å². The van der Waals surface area contributed by atoms with Gasteiger partial charge in [0, 0.05) is 28.1 Å². The Morgan fingerprint density at radius 1 is 1.05 bits per heavy atom. The fourth-order valence-corrected chi connectivity index (χ4v) is 2.20. The zero-order valence-corrected chi connectivity index (χ0v) is 11.1. The molecular weight excluding hydrogens is 272 g/mol. The maximum absolute atomic E-state index is 8.89. The van der Waals surface area contributed by atoms with E-state index in [1.54, 1.807) is 30.5 Å². The predicted octanol–water partition coefficient (Wildman–Crippen LogP) is 4.55. The molecule has 0 atom stereocenters. The largest absolute Gasteiger partial charge is 0.438 e. The second-order valence-electron chi connectivity index (χ2n) is 4.19. The molecule has 3 aromatic rings. The van der Waals surface area contributed by atoms with Crippen molar-refractivity contribution < 1.29 is 4.74 Å². The van der Waals surface area contributed by atoms with Crippen LogP contribution < -0.4 is 4.74 Å². The number of nitriles is 1. The number of hydrogen-bond acceptors (Lipinski definition) is 3. The minimum atomic E-state index is 0.386. The Morgan fingerprint density at radius 3 is 2.65 bits per heavy atom. The van der Waals surface area contributed by atoms with Gasteiger partial charge in [0.05, 0.1) is 11.6 Å². The maximum atomic E-state index is 8.89. The standard InChI is InChI=1S/C16H9ClN2O/c17-14-5-6-15(13-4-2-1-3-12(13)14)20-16-9-11(10-18)7-8-19-16/h1-9H. The quantitative estimate of drug-likeness (QED) is 0.691. The molecule has 0 bridgehead atoms. The first kappa shape index (κ1) is 12.5. The minimum absolute atomic E-state index is 0.386. The molecule has 2 aromatic carbocycles. The highest BCUT2D eigenvalue weighted by molar-refractivity contribution is 6.35.